The lowest BCUT2D eigenvalue weighted by Gasteiger charge is -2.43. The molecule has 1 aliphatic carbocycles. The van der Waals surface area contributed by atoms with Crippen LogP contribution >= 0.6 is 11.6 Å². The summed E-state index contributed by atoms with van der Waals surface area (Å²) in [4.78, 5) is 0. The highest BCUT2D eigenvalue weighted by Gasteiger charge is 2.48. The number of nitrogens with one attached hydrogen (secondary N) is 1. The predicted octanol–water partition coefficient (Wildman–Crippen LogP) is 6.72. The van der Waals surface area contributed by atoms with Crippen LogP contribution in [0.25, 0.3) is 10.8 Å². The van der Waals surface area contributed by atoms with E-state index in [1.165, 1.54) is 6.92 Å². The zero-order valence-electron chi connectivity index (χ0n) is 17.3. The highest BCUT2D eigenvalue weighted by atomic mass is 35.5. The summed E-state index contributed by atoms with van der Waals surface area (Å²) in [5.74, 6) is -0.358. The van der Waals surface area contributed by atoms with Gasteiger partial charge in [0.25, 0.3) is 0 Å². The molecular formula is C24H23ClF3NO2. The predicted molar refractivity (Wildman–Crippen MR) is 117 cm³/mol. The summed E-state index contributed by atoms with van der Waals surface area (Å²) in [7, 11) is 0. The molecule has 0 saturated carbocycles. The van der Waals surface area contributed by atoms with E-state index in [-0.39, 0.29) is 33.9 Å². The van der Waals surface area contributed by atoms with Crippen LogP contribution in [0, 0.1) is 6.92 Å². The van der Waals surface area contributed by atoms with Gasteiger partial charge >= 0.3 is 6.18 Å². The largest absolute Gasteiger partial charge is 0.506 e. The number of anilines is 1. The maximum atomic E-state index is 14.2. The van der Waals surface area contributed by atoms with Gasteiger partial charge in [0.2, 0.25) is 0 Å². The molecular weight excluding hydrogens is 427 g/mol. The summed E-state index contributed by atoms with van der Waals surface area (Å²) < 4.78 is 42.7. The number of aliphatic hydroxyl groups excluding tert-OH is 1. The van der Waals surface area contributed by atoms with Gasteiger partial charge in [-0.15, -0.1) is 0 Å². The molecule has 164 valence electrons. The van der Waals surface area contributed by atoms with Crippen molar-refractivity contribution in [2.75, 3.05) is 5.32 Å². The van der Waals surface area contributed by atoms with Crippen LogP contribution in [-0.4, -0.2) is 16.3 Å². The van der Waals surface area contributed by atoms with Gasteiger partial charge in [0.1, 0.15) is 5.75 Å². The lowest BCUT2D eigenvalue weighted by Crippen LogP contribution is -2.41. The summed E-state index contributed by atoms with van der Waals surface area (Å²) in [5, 5.41) is 26.4. The third-order valence-corrected chi connectivity index (χ3v) is 6.63. The van der Waals surface area contributed by atoms with Crippen molar-refractivity contribution in [3.63, 3.8) is 0 Å². The first-order valence-corrected chi connectivity index (χ1v) is 10.4. The van der Waals surface area contributed by atoms with Crippen molar-refractivity contribution in [1.82, 2.24) is 0 Å². The molecule has 0 saturated heterocycles. The molecule has 31 heavy (non-hydrogen) atoms. The molecule has 0 aromatic heterocycles. The third-order valence-electron chi connectivity index (χ3n) is 6.16. The molecule has 4 rings (SSSR count). The Balaban J connectivity index is 2.00. The first kappa shape index (κ1) is 21.8. The second kappa shape index (κ2) is 7.31. The van der Waals surface area contributed by atoms with Gasteiger partial charge in [-0.2, -0.15) is 13.2 Å². The van der Waals surface area contributed by atoms with Crippen molar-refractivity contribution >= 4 is 28.1 Å². The second-order valence-electron chi connectivity index (χ2n) is 8.75. The maximum Gasteiger partial charge on any atom is 0.417 e. The molecule has 0 heterocycles. The van der Waals surface area contributed by atoms with Crippen LogP contribution in [-0.2, 0) is 11.6 Å². The average Bonchev–Trinajstić information content (AvgIpc) is 2.67. The molecule has 0 bridgehead atoms. The quantitative estimate of drug-likeness (QED) is 0.407. The number of phenols is 1. The molecule has 1 aliphatic rings. The lowest BCUT2D eigenvalue weighted by atomic mass is 9.67. The molecule has 0 amide bonds. The number of phenolic OH excluding ortho intramolecular Hbond substituents is 1. The van der Waals surface area contributed by atoms with Gasteiger partial charge in [-0.1, -0.05) is 61.8 Å². The van der Waals surface area contributed by atoms with Crippen molar-refractivity contribution in [3.8, 4) is 5.75 Å². The van der Waals surface area contributed by atoms with E-state index < -0.39 is 29.3 Å². The van der Waals surface area contributed by atoms with Crippen molar-refractivity contribution in [2.24, 2.45) is 0 Å². The van der Waals surface area contributed by atoms with Crippen molar-refractivity contribution < 1.29 is 23.4 Å². The molecule has 3 N–H and O–H groups in total. The van der Waals surface area contributed by atoms with Crippen LogP contribution in [0.5, 0.6) is 5.75 Å². The van der Waals surface area contributed by atoms with E-state index in [1.54, 1.807) is 26.0 Å². The number of aromatic hydroxyl groups is 1. The zero-order valence-corrected chi connectivity index (χ0v) is 18.1. The van der Waals surface area contributed by atoms with Crippen LogP contribution in [0.2, 0.25) is 5.02 Å². The number of aliphatic hydroxyl groups is 1. The Morgan fingerprint density at radius 2 is 1.74 bits per heavy atom. The molecule has 3 nitrogen and oxygen atoms in total. The molecule has 7 heteroatoms. The van der Waals surface area contributed by atoms with E-state index in [9.17, 15) is 23.4 Å². The maximum absolute atomic E-state index is 14.2. The third kappa shape index (κ3) is 3.52. The Morgan fingerprint density at radius 1 is 1.10 bits per heavy atom. The van der Waals surface area contributed by atoms with E-state index in [1.807, 2.05) is 30.3 Å². The van der Waals surface area contributed by atoms with Crippen LogP contribution < -0.4 is 5.32 Å². The standard InChI is InChI=1S/C24H23ClF3NO2/c1-12-18(24(26,27)28)17-19(22(31)20(12)25)23(2,3)11-16(30)21(17)29-15-10-6-8-13-7-4-5-9-14(13)15/h4-10,16,21,29-31H,11H2,1-3H3. The number of fused-ring (bicyclic) bond motifs is 2. The van der Waals surface area contributed by atoms with Crippen LogP contribution in [0.3, 0.4) is 0 Å². The number of hydrogen-bond donors (Lipinski definition) is 3. The van der Waals surface area contributed by atoms with Gasteiger partial charge in [-0.05, 0) is 41.3 Å². The molecule has 2 atom stereocenters. The number of hydrogen-bond acceptors (Lipinski definition) is 3. The summed E-state index contributed by atoms with van der Waals surface area (Å²) in [6, 6.07) is 11.9. The Hall–Kier alpha value is -2.44. The minimum absolute atomic E-state index is 0.124. The van der Waals surface area contributed by atoms with E-state index in [0.29, 0.717) is 5.69 Å². The number of benzene rings is 3. The average molecular weight is 450 g/mol. The fourth-order valence-corrected chi connectivity index (χ4v) is 5.02. The Morgan fingerprint density at radius 3 is 2.42 bits per heavy atom. The summed E-state index contributed by atoms with van der Waals surface area (Å²) in [5.41, 5.74) is -1.49. The molecule has 0 aliphatic heterocycles. The van der Waals surface area contributed by atoms with E-state index in [4.69, 9.17) is 11.6 Å². The van der Waals surface area contributed by atoms with Gasteiger partial charge in [0.15, 0.2) is 0 Å². The van der Waals surface area contributed by atoms with Gasteiger partial charge < -0.3 is 15.5 Å². The van der Waals surface area contributed by atoms with Crippen molar-refractivity contribution in [2.45, 2.75) is 50.9 Å². The Labute approximate surface area is 183 Å². The SMILES string of the molecule is Cc1c(Cl)c(O)c2c(c1C(F)(F)F)C(Nc1cccc3ccccc13)C(O)CC2(C)C. The fourth-order valence-electron chi connectivity index (χ4n) is 4.84. The number of halogens is 4. The van der Waals surface area contributed by atoms with Gasteiger partial charge in [-0.3, -0.25) is 0 Å². The fraction of sp³-hybridized carbons (Fsp3) is 0.333. The minimum Gasteiger partial charge on any atom is -0.506 e. The second-order valence-corrected chi connectivity index (χ2v) is 9.13. The molecule has 3 aromatic carbocycles. The Bertz CT molecular complexity index is 1150. The molecule has 2 unspecified atom stereocenters. The summed E-state index contributed by atoms with van der Waals surface area (Å²) in [6.07, 6.45) is -5.66. The minimum atomic E-state index is -4.71. The van der Waals surface area contributed by atoms with Crippen LogP contribution in [0.1, 0.15) is 48.6 Å². The van der Waals surface area contributed by atoms with Crippen LogP contribution in [0.15, 0.2) is 42.5 Å². The zero-order chi connectivity index (χ0) is 22.7. The molecule has 3 aromatic rings. The summed E-state index contributed by atoms with van der Waals surface area (Å²) in [6.45, 7) is 4.65. The monoisotopic (exact) mass is 449 g/mol. The smallest absolute Gasteiger partial charge is 0.417 e. The van der Waals surface area contributed by atoms with Crippen LogP contribution in [0.4, 0.5) is 18.9 Å². The lowest BCUT2D eigenvalue weighted by molar-refractivity contribution is -0.139. The number of alkyl halides is 3. The highest BCUT2D eigenvalue weighted by Crippen LogP contribution is 2.54. The first-order valence-electron chi connectivity index (χ1n) is 9.98. The first-order chi connectivity index (χ1) is 14.4. The Kier molecular flexibility index (Phi) is 5.14. The van der Waals surface area contributed by atoms with Crippen molar-refractivity contribution in [1.29, 1.82) is 0 Å². The molecule has 0 radical (unpaired) electrons. The van der Waals surface area contributed by atoms with Gasteiger partial charge in [0, 0.05) is 16.6 Å². The van der Waals surface area contributed by atoms with E-state index in [2.05, 4.69) is 5.32 Å². The molecule has 0 fully saturated rings. The van der Waals surface area contributed by atoms with Crippen molar-refractivity contribution in [3.05, 3.63) is 69.7 Å². The van der Waals surface area contributed by atoms with Gasteiger partial charge in [-0.25, -0.2) is 0 Å². The highest BCUT2D eigenvalue weighted by molar-refractivity contribution is 6.33. The number of rotatable bonds is 2. The van der Waals surface area contributed by atoms with Gasteiger partial charge in [0.05, 0.1) is 22.7 Å². The van der Waals surface area contributed by atoms with E-state index >= 15 is 0 Å². The summed E-state index contributed by atoms with van der Waals surface area (Å²) >= 11 is 6.14. The topological polar surface area (TPSA) is 52.5 Å². The van der Waals surface area contributed by atoms with E-state index in [0.717, 1.165) is 10.8 Å². The molecule has 0 spiro atoms. The normalized spacial score (nSPS) is 20.5.